The maximum atomic E-state index is 12.1. The molecule has 1 aliphatic carbocycles. The van der Waals surface area contributed by atoms with Crippen molar-refractivity contribution < 1.29 is 19.8 Å². The van der Waals surface area contributed by atoms with Gasteiger partial charge in [0.2, 0.25) is 5.91 Å². The van der Waals surface area contributed by atoms with Crippen LogP contribution >= 0.6 is 0 Å². The van der Waals surface area contributed by atoms with Crippen molar-refractivity contribution in [3.63, 3.8) is 0 Å². The number of aromatic hydroxyl groups is 1. The van der Waals surface area contributed by atoms with Gasteiger partial charge in [-0.2, -0.15) is 0 Å². The summed E-state index contributed by atoms with van der Waals surface area (Å²) >= 11 is 0. The van der Waals surface area contributed by atoms with E-state index in [1.165, 1.54) is 6.07 Å². The molecular formula is C16H21NO4. The maximum Gasteiger partial charge on any atom is 0.310 e. The van der Waals surface area contributed by atoms with Crippen LogP contribution in [-0.4, -0.2) is 22.1 Å². The molecule has 0 saturated heterocycles. The number of amides is 1. The van der Waals surface area contributed by atoms with Crippen molar-refractivity contribution in [3.05, 3.63) is 23.8 Å². The molecule has 1 amide bonds. The number of aryl methyl sites for hydroxylation is 1. The number of hydrogen-bond donors (Lipinski definition) is 3. The Morgan fingerprint density at radius 2 is 1.90 bits per heavy atom. The molecule has 1 aromatic rings. The molecule has 0 atom stereocenters. The molecule has 0 heterocycles. The minimum Gasteiger partial charge on any atom is -0.508 e. The summed E-state index contributed by atoms with van der Waals surface area (Å²) in [7, 11) is 0. The number of hydrogen-bond acceptors (Lipinski definition) is 3. The standard InChI is InChI=1S/C16H21NO4/c1-11-5-6-12(9-13(11)18)17-14(19)10-16(15(20)21)7-3-2-4-8-16/h5-6,9,18H,2-4,7-8,10H2,1H3,(H,17,19)(H,20,21). The second-order valence-corrected chi connectivity index (χ2v) is 5.87. The van der Waals surface area contributed by atoms with E-state index >= 15 is 0 Å². The van der Waals surface area contributed by atoms with E-state index in [4.69, 9.17) is 0 Å². The highest BCUT2D eigenvalue weighted by Gasteiger charge is 2.41. The van der Waals surface area contributed by atoms with E-state index in [0.717, 1.165) is 24.8 Å². The zero-order valence-electron chi connectivity index (χ0n) is 12.2. The number of anilines is 1. The number of phenols is 1. The first-order chi connectivity index (χ1) is 9.93. The third-order valence-corrected chi connectivity index (χ3v) is 4.26. The van der Waals surface area contributed by atoms with Gasteiger partial charge in [-0.15, -0.1) is 0 Å². The Bertz CT molecular complexity index is 547. The summed E-state index contributed by atoms with van der Waals surface area (Å²) in [4.78, 5) is 23.7. The summed E-state index contributed by atoms with van der Waals surface area (Å²) in [5.41, 5.74) is 0.274. The Balaban J connectivity index is 2.05. The van der Waals surface area contributed by atoms with Crippen LogP contribution < -0.4 is 5.32 Å². The highest BCUT2D eigenvalue weighted by molar-refractivity contribution is 5.94. The quantitative estimate of drug-likeness (QED) is 0.795. The van der Waals surface area contributed by atoms with Crippen LogP contribution in [0.15, 0.2) is 18.2 Å². The van der Waals surface area contributed by atoms with Crippen LogP contribution in [0.2, 0.25) is 0 Å². The van der Waals surface area contributed by atoms with Gasteiger partial charge < -0.3 is 15.5 Å². The van der Waals surface area contributed by atoms with Crippen LogP contribution in [-0.2, 0) is 9.59 Å². The lowest BCUT2D eigenvalue weighted by Crippen LogP contribution is -2.37. The minimum absolute atomic E-state index is 0.0169. The first kappa shape index (κ1) is 15.4. The molecule has 0 spiro atoms. The molecular weight excluding hydrogens is 270 g/mol. The number of carboxylic acid groups (broad SMARTS) is 1. The molecule has 0 radical (unpaired) electrons. The molecule has 5 heteroatoms. The van der Waals surface area contributed by atoms with Gasteiger partial charge in [0.05, 0.1) is 5.41 Å². The Labute approximate surface area is 124 Å². The van der Waals surface area contributed by atoms with Crippen LogP contribution in [0.1, 0.15) is 44.1 Å². The van der Waals surface area contributed by atoms with Crippen molar-refractivity contribution in [1.82, 2.24) is 0 Å². The normalized spacial score (nSPS) is 17.2. The Hall–Kier alpha value is -2.04. The van der Waals surface area contributed by atoms with E-state index < -0.39 is 11.4 Å². The van der Waals surface area contributed by atoms with Crippen LogP contribution in [0.25, 0.3) is 0 Å². The van der Waals surface area contributed by atoms with E-state index in [-0.39, 0.29) is 18.1 Å². The van der Waals surface area contributed by atoms with E-state index in [9.17, 15) is 19.8 Å². The van der Waals surface area contributed by atoms with Crippen molar-refractivity contribution >= 4 is 17.6 Å². The van der Waals surface area contributed by atoms with Crippen LogP contribution in [0.3, 0.4) is 0 Å². The van der Waals surface area contributed by atoms with Gasteiger partial charge in [0, 0.05) is 18.2 Å². The van der Waals surface area contributed by atoms with E-state index in [1.54, 1.807) is 19.1 Å². The number of benzene rings is 1. The monoisotopic (exact) mass is 291 g/mol. The SMILES string of the molecule is Cc1ccc(NC(=O)CC2(C(=O)O)CCCCC2)cc1O. The number of aliphatic carboxylic acids is 1. The van der Waals surface area contributed by atoms with Crippen molar-refractivity contribution in [2.75, 3.05) is 5.32 Å². The average Bonchev–Trinajstić information content (AvgIpc) is 2.43. The van der Waals surface area contributed by atoms with Gasteiger partial charge in [0.1, 0.15) is 5.75 Å². The number of nitrogens with one attached hydrogen (secondary N) is 1. The predicted molar refractivity (Wildman–Crippen MR) is 79.2 cm³/mol. The molecule has 114 valence electrons. The fourth-order valence-electron chi connectivity index (χ4n) is 2.89. The number of rotatable bonds is 4. The van der Waals surface area contributed by atoms with Gasteiger partial charge in [-0.05, 0) is 31.4 Å². The number of phenolic OH excluding ortho intramolecular Hbond substituents is 1. The van der Waals surface area contributed by atoms with Gasteiger partial charge in [-0.3, -0.25) is 9.59 Å². The Morgan fingerprint density at radius 3 is 2.48 bits per heavy atom. The van der Waals surface area contributed by atoms with E-state index in [0.29, 0.717) is 18.5 Å². The second-order valence-electron chi connectivity index (χ2n) is 5.87. The van der Waals surface area contributed by atoms with Crippen molar-refractivity contribution in [1.29, 1.82) is 0 Å². The van der Waals surface area contributed by atoms with Gasteiger partial charge in [-0.25, -0.2) is 0 Å². The van der Waals surface area contributed by atoms with Gasteiger partial charge in [0.25, 0.3) is 0 Å². The molecule has 1 saturated carbocycles. The second kappa shape index (κ2) is 6.16. The lowest BCUT2D eigenvalue weighted by molar-refractivity contribution is -0.153. The predicted octanol–water partition coefficient (Wildman–Crippen LogP) is 3.06. The van der Waals surface area contributed by atoms with Crippen molar-refractivity contribution in [3.8, 4) is 5.75 Å². The molecule has 0 aromatic heterocycles. The Kier molecular flexibility index (Phi) is 4.50. The molecule has 0 aliphatic heterocycles. The van der Waals surface area contributed by atoms with Gasteiger partial charge >= 0.3 is 5.97 Å². The molecule has 0 bridgehead atoms. The lowest BCUT2D eigenvalue weighted by atomic mass is 9.71. The summed E-state index contributed by atoms with van der Waals surface area (Å²) in [6.45, 7) is 1.77. The smallest absolute Gasteiger partial charge is 0.310 e. The molecule has 1 fully saturated rings. The molecule has 5 nitrogen and oxygen atoms in total. The van der Waals surface area contributed by atoms with E-state index in [2.05, 4.69) is 5.32 Å². The van der Waals surface area contributed by atoms with Crippen LogP contribution in [0.4, 0.5) is 5.69 Å². The summed E-state index contributed by atoms with van der Waals surface area (Å²) in [5.74, 6) is -1.09. The summed E-state index contributed by atoms with van der Waals surface area (Å²) in [6.07, 6.45) is 3.82. The van der Waals surface area contributed by atoms with Crippen LogP contribution in [0, 0.1) is 12.3 Å². The molecule has 21 heavy (non-hydrogen) atoms. The molecule has 1 aliphatic rings. The topological polar surface area (TPSA) is 86.6 Å². The van der Waals surface area contributed by atoms with Crippen LogP contribution in [0.5, 0.6) is 5.75 Å². The zero-order chi connectivity index (χ0) is 15.5. The third-order valence-electron chi connectivity index (χ3n) is 4.26. The van der Waals surface area contributed by atoms with Gasteiger partial charge in [-0.1, -0.05) is 25.3 Å². The highest BCUT2D eigenvalue weighted by atomic mass is 16.4. The van der Waals surface area contributed by atoms with Gasteiger partial charge in [0.15, 0.2) is 0 Å². The largest absolute Gasteiger partial charge is 0.508 e. The zero-order valence-corrected chi connectivity index (χ0v) is 12.2. The fourth-order valence-corrected chi connectivity index (χ4v) is 2.89. The first-order valence-corrected chi connectivity index (χ1v) is 7.26. The number of carbonyl (C=O) groups is 2. The minimum atomic E-state index is -0.935. The van der Waals surface area contributed by atoms with Crippen molar-refractivity contribution in [2.45, 2.75) is 45.4 Å². The number of carboxylic acids is 1. The summed E-state index contributed by atoms with van der Waals surface area (Å²) in [5, 5.41) is 21.8. The molecule has 0 unspecified atom stereocenters. The maximum absolute atomic E-state index is 12.1. The van der Waals surface area contributed by atoms with Crippen molar-refractivity contribution in [2.24, 2.45) is 5.41 Å². The lowest BCUT2D eigenvalue weighted by Gasteiger charge is -2.32. The van der Waals surface area contributed by atoms with E-state index in [1.807, 2.05) is 0 Å². The average molecular weight is 291 g/mol. The molecule has 1 aromatic carbocycles. The Morgan fingerprint density at radius 1 is 1.24 bits per heavy atom. The third kappa shape index (κ3) is 3.54. The number of carbonyl (C=O) groups excluding carboxylic acids is 1. The molecule has 3 N–H and O–H groups in total. The first-order valence-electron chi connectivity index (χ1n) is 7.26. The fraction of sp³-hybridized carbons (Fsp3) is 0.500. The summed E-state index contributed by atoms with van der Waals surface area (Å²) < 4.78 is 0. The molecule has 2 rings (SSSR count). The summed E-state index contributed by atoms with van der Waals surface area (Å²) in [6, 6.07) is 4.88. The highest BCUT2D eigenvalue weighted by Crippen LogP contribution is 2.39.